The van der Waals surface area contributed by atoms with Gasteiger partial charge in [-0.1, -0.05) is 42.5 Å². The summed E-state index contributed by atoms with van der Waals surface area (Å²) in [7, 11) is 0. The van der Waals surface area contributed by atoms with Gasteiger partial charge in [-0.3, -0.25) is 4.98 Å². The molecule has 0 aliphatic rings. The van der Waals surface area contributed by atoms with E-state index in [9.17, 15) is 0 Å². The number of hydrogen-bond acceptors (Lipinski definition) is 2. The quantitative estimate of drug-likeness (QED) is 0.445. The number of hydrogen-bond donors (Lipinski definition) is 2. The average Bonchev–Trinajstić information content (AvgIpc) is 3.03. The number of aromatic nitrogens is 2. The Hall–Kier alpha value is -3.33. The third-order valence-corrected chi connectivity index (χ3v) is 4.40. The van der Waals surface area contributed by atoms with Crippen LogP contribution in [0.25, 0.3) is 32.7 Å². The van der Waals surface area contributed by atoms with Gasteiger partial charge in [0, 0.05) is 33.6 Å². The van der Waals surface area contributed by atoms with Crippen molar-refractivity contribution in [1.29, 1.82) is 0 Å². The van der Waals surface area contributed by atoms with Gasteiger partial charge in [0.2, 0.25) is 0 Å². The second-order valence-electron chi connectivity index (χ2n) is 5.91. The van der Waals surface area contributed by atoms with Gasteiger partial charge >= 0.3 is 0 Å². The fourth-order valence-corrected chi connectivity index (χ4v) is 3.34. The van der Waals surface area contributed by atoms with Crippen molar-refractivity contribution < 1.29 is 0 Å². The molecular formula is C21H15N3. The van der Waals surface area contributed by atoms with E-state index in [2.05, 4.69) is 63.8 Å². The fraction of sp³-hybridized carbons (Fsp3) is 0. The smallest absolute Gasteiger partial charge is 0.0803 e. The predicted octanol–water partition coefficient (Wildman–Crippen LogP) is 5.61. The molecule has 2 N–H and O–H groups in total. The Labute approximate surface area is 139 Å². The summed E-state index contributed by atoms with van der Waals surface area (Å²) in [6, 6.07) is 24.9. The lowest BCUT2D eigenvalue weighted by Gasteiger charge is -2.10. The van der Waals surface area contributed by atoms with Crippen LogP contribution in [0.1, 0.15) is 0 Å². The second-order valence-corrected chi connectivity index (χ2v) is 5.91. The summed E-state index contributed by atoms with van der Waals surface area (Å²) in [6.45, 7) is 0. The highest BCUT2D eigenvalue weighted by Crippen LogP contribution is 2.36. The molecular weight excluding hydrogens is 294 g/mol. The van der Waals surface area contributed by atoms with E-state index in [1.807, 2.05) is 30.5 Å². The maximum absolute atomic E-state index is 4.63. The van der Waals surface area contributed by atoms with Gasteiger partial charge in [0.05, 0.1) is 16.7 Å². The van der Waals surface area contributed by atoms with Crippen molar-refractivity contribution in [3.63, 3.8) is 0 Å². The van der Waals surface area contributed by atoms with Gasteiger partial charge in [0.1, 0.15) is 0 Å². The van der Waals surface area contributed by atoms with Crippen LogP contribution in [0, 0.1) is 0 Å². The molecule has 0 atom stereocenters. The molecule has 0 saturated carbocycles. The number of nitrogens with one attached hydrogen (secondary N) is 2. The molecule has 0 amide bonds. The van der Waals surface area contributed by atoms with E-state index in [1.165, 1.54) is 10.8 Å². The zero-order chi connectivity index (χ0) is 15.9. The van der Waals surface area contributed by atoms with Crippen LogP contribution in [0.4, 0.5) is 11.4 Å². The number of nitrogens with zero attached hydrogens (tertiary/aromatic N) is 1. The minimum Gasteiger partial charge on any atom is -0.354 e. The van der Waals surface area contributed by atoms with E-state index < -0.39 is 0 Å². The molecule has 3 heteroatoms. The largest absolute Gasteiger partial charge is 0.354 e. The SMILES string of the molecule is c1ccc(Nc2cc3cccnc3c3c2[nH]c2ccccc23)cc1. The number of benzene rings is 3. The van der Waals surface area contributed by atoms with Crippen molar-refractivity contribution in [2.45, 2.75) is 0 Å². The Balaban J connectivity index is 1.88. The summed E-state index contributed by atoms with van der Waals surface area (Å²) < 4.78 is 0. The molecule has 24 heavy (non-hydrogen) atoms. The van der Waals surface area contributed by atoms with Crippen molar-refractivity contribution in [3.05, 3.63) is 79.0 Å². The van der Waals surface area contributed by atoms with Crippen LogP contribution in [0.3, 0.4) is 0 Å². The van der Waals surface area contributed by atoms with E-state index in [-0.39, 0.29) is 0 Å². The van der Waals surface area contributed by atoms with Crippen molar-refractivity contribution in [2.24, 2.45) is 0 Å². The molecule has 0 bridgehead atoms. The highest BCUT2D eigenvalue weighted by molar-refractivity contribution is 6.22. The Bertz CT molecular complexity index is 1170. The molecule has 0 saturated heterocycles. The third-order valence-electron chi connectivity index (χ3n) is 4.40. The first kappa shape index (κ1) is 13.1. The van der Waals surface area contributed by atoms with Crippen LogP contribution in [0.2, 0.25) is 0 Å². The van der Waals surface area contributed by atoms with E-state index in [4.69, 9.17) is 0 Å². The number of H-pyrrole nitrogens is 1. The lowest BCUT2D eigenvalue weighted by atomic mass is 10.1. The molecule has 114 valence electrons. The Morgan fingerprint density at radius 3 is 2.58 bits per heavy atom. The number of para-hydroxylation sites is 2. The van der Waals surface area contributed by atoms with E-state index >= 15 is 0 Å². The zero-order valence-electron chi connectivity index (χ0n) is 13.0. The molecule has 0 unspecified atom stereocenters. The van der Waals surface area contributed by atoms with Crippen LogP contribution in [0.15, 0.2) is 79.0 Å². The van der Waals surface area contributed by atoms with Crippen LogP contribution in [-0.2, 0) is 0 Å². The van der Waals surface area contributed by atoms with Gasteiger partial charge in [-0.15, -0.1) is 0 Å². The molecule has 2 aromatic heterocycles. The lowest BCUT2D eigenvalue weighted by Crippen LogP contribution is -1.92. The number of anilines is 2. The van der Waals surface area contributed by atoms with E-state index in [0.29, 0.717) is 0 Å². The van der Waals surface area contributed by atoms with Gasteiger partial charge in [-0.25, -0.2) is 0 Å². The first-order valence-electron chi connectivity index (χ1n) is 8.00. The highest BCUT2D eigenvalue weighted by Gasteiger charge is 2.13. The molecule has 3 nitrogen and oxygen atoms in total. The molecule has 5 rings (SSSR count). The molecule has 0 fully saturated rings. The van der Waals surface area contributed by atoms with Crippen LogP contribution in [0.5, 0.6) is 0 Å². The van der Waals surface area contributed by atoms with Gasteiger partial charge in [-0.05, 0) is 30.3 Å². The molecule has 2 heterocycles. The molecule has 0 aliphatic heterocycles. The number of rotatable bonds is 2. The minimum atomic E-state index is 1.03. The fourth-order valence-electron chi connectivity index (χ4n) is 3.34. The number of aromatic amines is 1. The first-order chi connectivity index (χ1) is 11.9. The summed E-state index contributed by atoms with van der Waals surface area (Å²) in [5.74, 6) is 0. The molecule has 3 aromatic carbocycles. The van der Waals surface area contributed by atoms with Crippen LogP contribution in [-0.4, -0.2) is 9.97 Å². The van der Waals surface area contributed by atoms with Gasteiger partial charge in [0.25, 0.3) is 0 Å². The van der Waals surface area contributed by atoms with Gasteiger partial charge in [0.15, 0.2) is 0 Å². The number of pyridine rings is 1. The van der Waals surface area contributed by atoms with Crippen molar-refractivity contribution in [1.82, 2.24) is 9.97 Å². The van der Waals surface area contributed by atoms with Gasteiger partial charge < -0.3 is 10.3 Å². The van der Waals surface area contributed by atoms with Crippen molar-refractivity contribution in [3.8, 4) is 0 Å². The van der Waals surface area contributed by atoms with Gasteiger partial charge in [-0.2, -0.15) is 0 Å². The third kappa shape index (κ3) is 1.95. The molecule has 5 aromatic rings. The molecule has 0 radical (unpaired) electrons. The predicted molar refractivity (Wildman–Crippen MR) is 101 cm³/mol. The standard InChI is InChI=1S/C21H15N3/c1-2-8-15(9-3-1)23-18-13-14-7-6-12-22-20(14)19-16-10-4-5-11-17(16)24-21(18)19/h1-13,23-24H. The average molecular weight is 309 g/mol. The summed E-state index contributed by atoms with van der Waals surface area (Å²) in [6.07, 6.45) is 1.86. The number of fused-ring (bicyclic) bond motifs is 5. The van der Waals surface area contributed by atoms with E-state index in [0.717, 1.165) is 33.3 Å². The van der Waals surface area contributed by atoms with Crippen LogP contribution >= 0.6 is 0 Å². The lowest BCUT2D eigenvalue weighted by molar-refractivity contribution is 1.42. The minimum absolute atomic E-state index is 1.03. The summed E-state index contributed by atoms with van der Waals surface area (Å²) in [5.41, 5.74) is 5.38. The summed E-state index contributed by atoms with van der Waals surface area (Å²) >= 11 is 0. The summed E-state index contributed by atoms with van der Waals surface area (Å²) in [4.78, 5) is 8.19. The topological polar surface area (TPSA) is 40.7 Å². The monoisotopic (exact) mass is 309 g/mol. The maximum atomic E-state index is 4.63. The normalized spacial score (nSPS) is 11.3. The Kier molecular flexibility index (Phi) is 2.79. The van der Waals surface area contributed by atoms with E-state index in [1.54, 1.807) is 0 Å². The highest BCUT2D eigenvalue weighted by atomic mass is 14.9. The van der Waals surface area contributed by atoms with Crippen molar-refractivity contribution >= 4 is 44.1 Å². The maximum Gasteiger partial charge on any atom is 0.0803 e. The summed E-state index contributed by atoms with van der Waals surface area (Å²) in [5, 5.41) is 7.04. The zero-order valence-corrected chi connectivity index (χ0v) is 13.0. The second kappa shape index (κ2) is 5.10. The Morgan fingerprint density at radius 2 is 1.67 bits per heavy atom. The molecule has 0 spiro atoms. The molecule has 0 aliphatic carbocycles. The van der Waals surface area contributed by atoms with Crippen molar-refractivity contribution in [2.75, 3.05) is 5.32 Å². The Morgan fingerprint density at radius 1 is 0.833 bits per heavy atom. The first-order valence-corrected chi connectivity index (χ1v) is 8.00. The van der Waals surface area contributed by atoms with Crippen LogP contribution < -0.4 is 5.32 Å².